The lowest BCUT2D eigenvalue weighted by molar-refractivity contribution is -0.127. The summed E-state index contributed by atoms with van der Waals surface area (Å²) in [5.41, 5.74) is 0. The van der Waals surface area contributed by atoms with E-state index in [2.05, 4.69) is 10.6 Å². The first kappa shape index (κ1) is 20.9. The molecule has 0 spiro atoms. The molecule has 0 aromatic rings. The van der Waals surface area contributed by atoms with Gasteiger partial charge in [0.15, 0.2) is 0 Å². The van der Waals surface area contributed by atoms with Crippen LogP contribution in [0.15, 0.2) is 0 Å². The summed E-state index contributed by atoms with van der Waals surface area (Å²) in [5.74, 6) is 0.204. The summed E-state index contributed by atoms with van der Waals surface area (Å²) in [4.78, 5) is 40.6. The average molecular weight is 393 g/mol. The summed E-state index contributed by atoms with van der Waals surface area (Å²) in [5, 5.41) is 5.35. The highest BCUT2D eigenvalue weighted by Crippen LogP contribution is 2.30. The highest BCUT2D eigenvalue weighted by molar-refractivity contribution is 5.93. The van der Waals surface area contributed by atoms with Crippen molar-refractivity contribution < 1.29 is 14.4 Å². The predicted octanol–water partition coefficient (Wildman–Crippen LogP) is 3.39. The van der Waals surface area contributed by atoms with Crippen LogP contribution in [0.3, 0.4) is 0 Å². The van der Waals surface area contributed by atoms with Gasteiger partial charge in [0.25, 0.3) is 0 Å². The lowest BCUT2D eigenvalue weighted by Gasteiger charge is -2.41. The van der Waals surface area contributed by atoms with Crippen LogP contribution in [-0.2, 0) is 4.79 Å². The van der Waals surface area contributed by atoms with Gasteiger partial charge in [0.2, 0.25) is 5.91 Å². The van der Waals surface area contributed by atoms with Crippen LogP contribution in [-0.4, -0.2) is 59.5 Å². The van der Waals surface area contributed by atoms with Gasteiger partial charge in [-0.2, -0.15) is 0 Å². The molecular formula is C21H36N4O3. The third kappa shape index (κ3) is 5.85. The second-order valence-corrected chi connectivity index (χ2v) is 8.51. The summed E-state index contributed by atoms with van der Waals surface area (Å²) in [6.45, 7) is 1.96. The molecule has 1 saturated heterocycles. The van der Waals surface area contributed by atoms with Gasteiger partial charge in [-0.25, -0.2) is 9.59 Å². The van der Waals surface area contributed by atoms with Crippen molar-refractivity contribution in [1.82, 2.24) is 20.4 Å². The smallest absolute Gasteiger partial charge is 0.325 e. The van der Waals surface area contributed by atoms with Crippen LogP contribution in [0.1, 0.15) is 83.5 Å². The standard InChI is InChI=1S/C21H36N4O3/c26-19-13-7-15-24(19)16-8-14-22-20(27)23-21(28)25(17-9-3-1-4-10-17)18-11-5-2-6-12-18/h17-18H,1-16H2,(H2,22,23,27,28). The zero-order valence-electron chi connectivity index (χ0n) is 17.1. The number of carbonyl (C=O) groups excluding carboxylic acids is 3. The van der Waals surface area contributed by atoms with Crippen LogP contribution in [0.2, 0.25) is 0 Å². The number of hydrogen-bond acceptors (Lipinski definition) is 3. The van der Waals surface area contributed by atoms with Crippen molar-refractivity contribution in [3.05, 3.63) is 0 Å². The molecule has 2 aliphatic carbocycles. The quantitative estimate of drug-likeness (QED) is 0.680. The minimum Gasteiger partial charge on any atom is -0.343 e. The van der Waals surface area contributed by atoms with Crippen molar-refractivity contribution >= 4 is 18.0 Å². The maximum atomic E-state index is 12.9. The van der Waals surface area contributed by atoms with Crippen molar-refractivity contribution in [1.29, 1.82) is 0 Å². The van der Waals surface area contributed by atoms with Crippen molar-refractivity contribution in [2.45, 2.75) is 95.6 Å². The Morgan fingerprint density at radius 1 is 0.929 bits per heavy atom. The Morgan fingerprint density at radius 2 is 1.54 bits per heavy atom. The molecule has 3 rings (SSSR count). The second kappa shape index (κ2) is 10.7. The number of urea groups is 2. The van der Waals surface area contributed by atoms with Gasteiger partial charge in [0.05, 0.1) is 0 Å². The minimum absolute atomic E-state index is 0.204. The van der Waals surface area contributed by atoms with E-state index in [1.54, 1.807) is 0 Å². The van der Waals surface area contributed by atoms with Gasteiger partial charge in [-0.3, -0.25) is 10.1 Å². The lowest BCUT2D eigenvalue weighted by atomic mass is 9.89. The van der Waals surface area contributed by atoms with Gasteiger partial charge in [-0.1, -0.05) is 38.5 Å². The van der Waals surface area contributed by atoms with Crippen LogP contribution < -0.4 is 10.6 Å². The van der Waals surface area contributed by atoms with Crippen LogP contribution in [0.4, 0.5) is 9.59 Å². The normalized spacial score (nSPS) is 21.6. The van der Waals surface area contributed by atoms with Crippen molar-refractivity contribution in [3.8, 4) is 0 Å². The fraction of sp³-hybridized carbons (Fsp3) is 0.857. The topological polar surface area (TPSA) is 81.8 Å². The summed E-state index contributed by atoms with van der Waals surface area (Å²) in [6, 6.07) is -0.114. The molecule has 0 bridgehead atoms. The van der Waals surface area contributed by atoms with Gasteiger partial charge in [-0.05, 0) is 38.5 Å². The van der Waals surface area contributed by atoms with Gasteiger partial charge < -0.3 is 15.1 Å². The fourth-order valence-corrected chi connectivity index (χ4v) is 4.97. The maximum Gasteiger partial charge on any atom is 0.325 e. The first-order valence-electron chi connectivity index (χ1n) is 11.3. The van der Waals surface area contributed by atoms with Crippen LogP contribution in [0, 0.1) is 0 Å². The number of likely N-dealkylation sites (tertiary alicyclic amines) is 1. The zero-order chi connectivity index (χ0) is 19.8. The molecule has 7 nitrogen and oxygen atoms in total. The molecule has 0 aromatic carbocycles. The van der Waals surface area contributed by atoms with E-state index < -0.39 is 6.03 Å². The van der Waals surface area contributed by atoms with Crippen molar-refractivity contribution in [3.63, 3.8) is 0 Å². The number of hydrogen-bond donors (Lipinski definition) is 2. The molecule has 0 radical (unpaired) electrons. The Balaban J connectivity index is 1.44. The minimum atomic E-state index is -0.422. The van der Waals surface area contributed by atoms with E-state index in [4.69, 9.17) is 0 Å². The lowest BCUT2D eigenvalue weighted by Crippen LogP contribution is -2.55. The van der Waals surface area contributed by atoms with E-state index in [1.807, 2.05) is 9.80 Å². The van der Waals surface area contributed by atoms with E-state index >= 15 is 0 Å². The Kier molecular flexibility index (Phi) is 7.98. The molecule has 2 saturated carbocycles. The molecule has 28 heavy (non-hydrogen) atoms. The largest absolute Gasteiger partial charge is 0.343 e. The van der Waals surface area contributed by atoms with E-state index in [0.717, 1.165) is 38.6 Å². The second-order valence-electron chi connectivity index (χ2n) is 8.51. The molecule has 3 aliphatic rings. The molecule has 0 unspecified atom stereocenters. The SMILES string of the molecule is O=C(NCCCN1CCCC1=O)NC(=O)N(C1CCCCC1)C1CCCCC1. The number of imide groups is 1. The van der Waals surface area contributed by atoms with E-state index in [-0.39, 0.29) is 24.0 Å². The fourth-order valence-electron chi connectivity index (χ4n) is 4.97. The molecule has 1 aliphatic heterocycles. The first-order chi connectivity index (χ1) is 13.6. The third-order valence-electron chi connectivity index (χ3n) is 6.45. The van der Waals surface area contributed by atoms with Gasteiger partial charge >= 0.3 is 12.1 Å². The molecule has 2 N–H and O–H groups in total. The molecule has 7 heteroatoms. The maximum absolute atomic E-state index is 12.9. The zero-order valence-corrected chi connectivity index (χ0v) is 17.1. The summed E-state index contributed by atoms with van der Waals surface area (Å²) in [6.07, 6.45) is 13.7. The Labute approximate surface area is 168 Å². The number of nitrogens with zero attached hydrogens (tertiary/aromatic N) is 2. The highest BCUT2D eigenvalue weighted by Gasteiger charge is 2.33. The van der Waals surface area contributed by atoms with E-state index in [0.29, 0.717) is 25.9 Å². The summed E-state index contributed by atoms with van der Waals surface area (Å²) < 4.78 is 0. The number of rotatable bonds is 6. The Hall–Kier alpha value is -1.79. The molecule has 3 fully saturated rings. The Morgan fingerprint density at radius 3 is 2.07 bits per heavy atom. The predicted molar refractivity (Wildman–Crippen MR) is 108 cm³/mol. The first-order valence-corrected chi connectivity index (χ1v) is 11.3. The van der Waals surface area contributed by atoms with E-state index in [9.17, 15) is 14.4 Å². The third-order valence-corrected chi connectivity index (χ3v) is 6.45. The van der Waals surface area contributed by atoms with Crippen molar-refractivity contribution in [2.75, 3.05) is 19.6 Å². The summed E-state index contributed by atoms with van der Waals surface area (Å²) >= 11 is 0. The molecule has 0 atom stereocenters. The van der Waals surface area contributed by atoms with Crippen LogP contribution >= 0.6 is 0 Å². The molecule has 158 valence electrons. The van der Waals surface area contributed by atoms with Gasteiger partial charge in [0, 0.05) is 38.1 Å². The highest BCUT2D eigenvalue weighted by atomic mass is 16.2. The summed E-state index contributed by atoms with van der Waals surface area (Å²) in [7, 11) is 0. The van der Waals surface area contributed by atoms with Gasteiger partial charge in [-0.15, -0.1) is 0 Å². The molecular weight excluding hydrogens is 356 g/mol. The number of nitrogens with one attached hydrogen (secondary N) is 2. The van der Waals surface area contributed by atoms with Crippen LogP contribution in [0.25, 0.3) is 0 Å². The molecule has 0 aromatic heterocycles. The van der Waals surface area contributed by atoms with E-state index in [1.165, 1.54) is 38.5 Å². The molecule has 5 amide bonds. The van der Waals surface area contributed by atoms with Crippen LogP contribution in [0.5, 0.6) is 0 Å². The molecule has 1 heterocycles. The average Bonchev–Trinajstić information content (AvgIpc) is 3.12. The number of carbonyl (C=O) groups is 3. The Bertz CT molecular complexity index is 524. The monoisotopic (exact) mass is 392 g/mol. The number of amides is 5. The van der Waals surface area contributed by atoms with Crippen molar-refractivity contribution in [2.24, 2.45) is 0 Å². The van der Waals surface area contributed by atoms with Gasteiger partial charge in [0.1, 0.15) is 0 Å².